The van der Waals surface area contributed by atoms with Gasteiger partial charge < -0.3 is 10.4 Å². The van der Waals surface area contributed by atoms with Gasteiger partial charge in [-0.15, -0.1) is 0 Å². The summed E-state index contributed by atoms with van der Waals surface area (Å²) in [4.78, 5) is 10.2. The average Bonchev–Trinajstić information content (AvgIpc) is 2.03. The minimum Gasteiger partial charge on any atom is -0.480 e. The van der Waals surface area contributed by atoms with E-state index in [4.69, 9.17) is 16.7 Å². The zero-order chi connectivity index (χ0) is 8.97. The van der Waals surface area contributed by atoms with Crippen molar-refractivity contribution in [1.29, 1.82) is 0 Å². The summed E-state index contributed by atoms with van der Waals surface area (Å²) in [5.41, 5.74) is 0.640. The summed E-state index contributed by atoms with van der Waals surface area (Å²) < 4.78 is 0. The fourth-order valence-electron chi connectivity index (χ4n) is 0.775. The number of rotatable bonds is 3. The number of aliphatic carboxylic acids is 1. The first kappa shape index (κ1) is 8.87. The minimum atomic E-state index is -0.907. The molecule has 0 atom stereocenters. The van der Waals surface area contributed by atoms with Gasteiger partial charge in [0.05, 0.1) is 10.7 Å². The van der Waals surface area contributed by atoms with Crippen LogP contribution in [0.4, 0.5) is 5.69 Å². The van der Waals surface area contributed by atoms with E-state index in [9.17, 15) is 4.79 Å². The highest BCUT2D eigenvalue weighted by Gasteiger charge is 1.99. The number of anilines is 1. The van der Waals surface area contributed by atoms with Crippen molar-refractivity contribution in [2.75, 3.05) is 11.9 Å². The van der Waals surface area contributed by atoms with E-state index in [1.54, 1.807) is 24.3 Å². The monoisotopic (exact) mass is 185 g/mol. The Hall–Kier alpha value is -1.22. The molecule has 0 spiro atoms. The molecule has 0 fully saturated rings. The molecular weight excluding hydrogens is 178 g/mol. The fraction of sp³-hybridized carbons (Fsp3) is 0.125. The SMILES string of the molecule is O=C(O)CNc1ccccc1Cl. The largest absolute Gasteiger partial charge is 0.480 e. The Morgan fingerprint density at radius 1 is 1.50 bits per heavy atom. The molecule has 12 heavy (non-hydrogen) atoms. The Morgan fingerprint density at radius 3 is 2.75 bits per heavy atom. The van der Waals surface area contributed by atoms with E-state index >= 15 is 0 Å². The van der Waals surface area contributed by atoms with Gasteiger partial charge in [0.25, 0.3) is 0 Å². The van der Waals surface area contributed by atoms with Crippen molar-refractivity contribution in [1.82, 2.24) is 0 Å². The van der Waals surface area contributed by atoms with Gasteiger partial charge >= 0.3 is 5.97 Å². The van der Waals surface area contributed by atoms with E-state index < -0.39 is 5.97 Å². The number of carboxylic acids is 1. The zero-order valence-corrected chi connectivity index (χ0v) is 7.01. The molecular formula is C8H8ClNO2. The first-order valence-electron chi connectivity index (χ1n) is 3.40. The third-order valence-electron chi connectivity index (χ3n) is 1.30. The van der Waals surface area contributed by atoms with Crippen LogP contribution in [0.15, 0.2) is 24.3 Å². The minimum absolute atomic E-state index is 0.121. The van der Waals surface area contributed by atoms with Gasteiger partial charge in [0, 0.05) is 0 Å². The molecule has 0 amide bonds. The molecule has 3 nitrogen and oxygen atoms in total. The third-order valence-corrected chi connectivity index (χ3v) is 1.63. The van der Waals surface area contributed by atoms with Crippen molar-refractivity contribution in [3.8, 4) is 0 Å². The second-order valence-corrected chi connectivity index (χ2v) is 2.63. The van der Waals surface area contributed by atoms with Gasteiger partial charge in [0.1, 0.15) is 6.54 Å². The summed E-state index contributed by atoms with van der Waals surface area (Å²) >= 11 is 5.75. The Bertz CT molecular complexity index is 288. The van der Waals surface area contributed by atoms with Crippen LogP contribution in [0.3, 0.4) is 0 Å². The molecule has 0 radical (unpaired) electrons. The normalized spacial score (nSPS) is 9.42. The molecule has 0 saturated carbocycles. The lowest BCUT2D eigenvalue weighted by molar-refractivity contribution is -0.134. The van der Waals surface area contributed by atoms with Gasteiger partial charge in [-0.25, -0.2) is 0 Å². The molecule has 1 rings (SSSR count). The van der Waals surface area contributed by atoms with Gasteiger partial charge in [-0.1, -0.05) is 23.7 Å². The standard InChI is InChI=1S/C8H8ClNO2/c9-6-3-1-2-4-7(6)10-5-8(11)12/h1-4,10H,5H2,(H,11,12). The number of carbonyl (C=O) groups is 1. The van der Waals surface area contributed by atoms with Crippen LogP contribution in [0.5, 0.6) is 0 Å². The fourth-order valence-corrected chi connectivity index (χ4v) is 0.978. The molecule has 0 heterocycles. The number of para-hydroxylation sites is 1. The Balaban J connectivity index is 2.63. The maximum Gasteiger partial charge on any atom is 0.322 e. The molecule has 0 saturated heterocycles. The van der Waals surface area contributed by atoms with Crippen molar-refractivity contribution in [3.63, 3.8) is 0 Å². The molecule has 1 aromatic rings. The van der Waals surface area contributed by atoms with Gasteiger partial charge in [-0.3, -0.25) is 4.79 Å². The Labute approximate surface area is 75.0 Å². The Kier molecular flexibility index (Phi) is 2.94. The van der Waals surface area contributed by atoms with Gasteiger partial charge in [-0.05, 0) is 12.1 Å². The van der Waals surface area contributed by atoms with Crippen LogP contribution < -0.4 is 5.32 Å². The van der Waals surface area contributed by atoms with Crippen LogP contribution in [0.25, 0.3) is 0 Å². The van der Waals surface area contributed by atoms with Crippen molar-refractivity contribution in [2.45, 2.75) is 0 Å². The second kappa shape index (κ2) is 3.97. The van der Waals surface area contributed by atoms with Gasteiger partial charge in [0.2, 0.25) is 0 Å². The van der Waals surface area contributed by atoms with Crippen LogP contribution in [0.2, 0.25) is 5.02 Å². The molecule has 2 N–H and O–H groups in total. The van der Waals surface area contributed by atoms with Crippen LogP contribution >= 0.6 is 11.6 Å². The van der Waals surface area contributed by atoms with E-state index in [1.165, 1.54) is 0 Å². The zero-order valence-electron chi connectivity index (χ0n) is 6.25. The van der Waals surface area contributed by atoms with Crippen LogP contribution in [-0.2, 0) is 4.79 Å². The Morgan fingerprint density at radius 2 is 2.17 bits per heavy atom. The number of carboxylic acid groups (broad SMARTS) is 1. The second-order valence-electron chi connectivity index (χ2n) is 2.23. The summed E-state index contributed by atoms with van der Waals surface area (Å²) in [6, 6.07) is 7.00. The van der Waals surface area contributed by atoms with Crippen molar-refractivity contribution >= 4 is 23.3 Å². The van der Waals surface area contributed by atoms with Crippen LogP contribution in [0, 0.1) is 0 Å². The smallest absolute Gasteiger partial charge is 0.322 e. The predicted octanol–water partition coefficient (Wildman–Crippen LogP) is 1.84. The first-order chi connectivity index (χ1) is 5.70. The molecule has 1 aromatic carbocycles. The molecule has 0 aromatic heterocycles. The number of nitrogens with one attached hydrogen (secondary N) is 1. The number of hydrogen-bond acceptors (Lipinski definition) is 2. The molecule has 4 heteroatoms. The lowest BCUT2D eigenvalue weighted by atomic mass is 10.3. The van der Waals surface area contributed by atoms with E-state index in [2.05, 4.69) is 5.32 Å². The van der Waals surface area contributed by atoms with Crippen LogP contribution in [-0.4, -0.2) is 17.6 Å². The molecule has 0 aliphatic heterocycles. The summed E-state index contributed by atoms with van der Waals surface area (Å²) in [6.45, 7) is -0.121. The van der Waals surface area contributed by atoms with Gasteiger partial charge in [0.15, 0.2) is 0 Å². The van der Waals surface area contributed by atoms with Crippen molar-refractivity contribution < 1.29 is 9.90 Å². The number of benzene rings is 1. The van der Waals surface area contributed by atoms with Crippen molar-refractivity contribution in [2.24, 2.45) is 0 Å². The number of halogens is 1. The summed E-state index contributed by atoms with van der Waals surface area (Å²) in [6.07, 6.45) is 0. The molecule has 0 bridgehead atoms. The highest BCUT2D eigenvalue weighted by molar-refractivity contribution is 6.33. The lowest BCUT2D eigenvalue weighted by Crippen LogP contribution is -2.12. The van der Waals surface area contributed by atoms with E-state index in [-0.39, 0.29) is 6.54 Å². The summed E-state index contributed by atoms with van der Waals surface area (Å²) in [7, 11) is 0. The maximum atomic E-state index is 10.2. The third kappa shape index (κ3) is 2.43. The van der Waals surface area contributed by atoms with Gasteiger partial charge in [-0.2, -0.15) is 0 Å². The number of hydrogen-bond donors (Lipinski definition) is 2. The first-order valence-corrected chi connectivity index (χ1v) is 3.78. The summed E-state index contributed by atoms with van der Waals surface area (Å²) in [5, 5.41) is 11.6. The topological polar surface area (TPSA) is 49.3 Å². The lowest BCUT2D eigenvalue weighted by Gasteiger charge is -2.03. The van der Waals surface area contributed by atoms with Crippen molar-refractivity contribution in [3.05, 3.63) is 29.3 Å². The van der Waals surface area contributed by atoms with E-state index in [1.807, 2.05) is 0 Å². The molecule has 0 aliphatic rings. The maximum absolute atomic E-state index is 10.2. The summed E-state index contributed by atoms with van der Waals surface area (Å²) in [5.74, 6) is -0.907. The predicted molar refractivity (Wildman–Crippen MR) is 47.6 cm³/mol. The quantitative estimate of drug-likeness (QED) is 0.756. The van der Waals surface area contributed by atoms with E-state index in [0.29, 0.717) is 10.7 Å². The molecule has 64 valence electrons. The molecule has 0 unspecified atom stereocenters. The highest BCUT2D eigenvalue weighted by atomic mass is 35.5. The molecule has 0 aliphatic carbocycles. The highest BCUT2D eigenvalue weighted by Crippen LogP contribution is 2.19. The van der Waals surface area contributed by atoms with E-state index in [0.717, 1.165) is 0 Å². The average molecular weight is 186 g/mol. The van der Waals surface area contributed by atoms with Crippen LogP contribution in [0.1, 0.15) is 0 Å².